The third kappa shape index (κ3) is 4.06. The predicted molar refractivity (Wildman–Crippen MR) is 96.1 cm³/mol. The summed E-state index contributed by atoms with van der Waals surface area (Å²) < 4.78 is 5.84. The second-order valence-corrected chi connectivity index (χ2v) is 8.16. The molecule has 3 N–H and O–H groups in total. The van der Waals surface area contributed by atoms with Crippen molar-refractivity contribution in [1.82, 2.24) is 10.2 Å². The maximum Gasteiger partial charge on any atom is 0.223 e. The Morgan fingerprint density at radius 3 is 2.54 bits per heavy atom. The highest BCUT2D eigenvalue weighted by Gasteiger charge is 2.40. The summed E-state index contributed by atoms with van der Waals surface area (Å²) in [5.74, 6) is 1.54. The highest BCUT2D eigenvalue weighted by molar-refractivity contribution is 5.85. The van der Waals surface area contributed by atoms with Crippen molar-refractivity contribution in [2.75, 3.05) is 26.2 Å². The fourth-order valence-electron chi connectivity index (χ4n) is 5.00. The van der Waals surface area contributed by atoms with Gasteiger partial charge in [-0.1, -0.05) is 6.42 Å². The van der Waals surface area contributed by atoms with Gasteiger partial charge in [0.25, 0.3) is 0 Å². The number of nitrogens with two attached hydrogens (primary N) is 1. The minimum atomic E-state index is 0. The van der Waals surface area contributed by atoms with E-state index >= 15 is 0 Å². The molecule has 1 saturated heterocycles. The summed E-state index contributed by atoms with van der Waals surface area (Å²) in [7, 11) is 0. The second-order valence-electron chi connectivity index (χ2n) is 8.16. The van der Waals surface area contributed by atoms with Crippen molar-refractivity contribution in [3.05, 3.63) is 0 Å². The molecule has 0 aromatic heterocycles. The molecule has 3 aliphatic carbocycles. The molecule has 0 aromatic carbocycles. The zero-order chi connectivity index (χ0) is 15.8. The second kappa shape index (κ2) is 7.90. The number of carbonyl (C=O) groups is 1. The molecule has 3 saturated carbocycles. The lowest BCUT2D eigenvalue weighted by atomic mass is 9.65. The maximum atomic E-state index is 12.6. The van der Waals surface area contributed by atoms with Gasteiger partial charge >= 0.3 is 0 Å². The molecule has 3 atom stereocenters. The van der Waals surface area contributed by atoms with Gasteiger partial charge in [-0.2, -0.15) is 0 Å². The molecule has 1 heterocycles. The first kappa shape index (κ1) is 18.4. The van der Waals surface area contributed by atoms with Crippen LogP contribution in [0.1, 0.15) is 44.9 Å². The van der Waals surface area contributed by atoms with E-state index in [2.05, 4.69) is 10.2 Å². The SMILES string of the molecule is Cl.NC1C2CCCC1CC(C(=O)NCC1CN(C3CC3)CCO1)C2. The van der Waals surface area contributed by atoms with Gasteiger partial charge in [-0.3, -0.25) is 9.69 Å². The van der Waals surface area contributed by atoms with Crippen LogP contribution in [0.3, 0.4) is 0 Å². The lowest BCUT2D eigenvalue weighted by Crippen LogP contribution is -2.51. The summed E-state index contributed by atoms with van der Waals surface area (Å²) in [6, 6.07) is 1.12. The monoisotopic (exact) mass is 357 g/mol. The Bertz CT molecular complexity index is 432. The van der Waals surface area contributed by atoms with Gasteiger partial charge < -0.3 is 15.8 Å². The molecule has 1 amide bonds. The van der Waals surface area contributed by atoms with Crippen molar-refractivity contribution in [2.45, 2.75) is 63.1 Å². The topological polar surface area (TPSA) is 67.6 Å². The first-order chi connectivity index (χ1) is 11.2. The number of carbonyl (C=O) groups excluding carboxylic acids is 1. The molecule has 1 aliphatic heterocycles. The number of morpholine rings is 1. The van der Waals surface area contributed by atoms with Gasteiger partial charge in [0.1, 0.15) is 0 Å². The molecule has 138 valence electrons. The van der Waals surface area contributed by atoms with Crippen LogP contribution in [0.4, 0.5) is 0 Å². The summed E-state index contributed by atoms with van der Waals surface area (Å²) in [6.45, 7) is 3.50. The average Bonchev–Trinajstić information content (AvgIpc) is 3.37. The Morgan fingerprint density at radius 1 is 1.17 bits per heavy atom. The van der Waals surface area contributed by atoms with Crippen molar-refractivity contribution in [3.8, 4) is 0 Å². The fraction of sp³-hybridized carbons (Fsp3) is 0.944. The minimum absolute atomic E-state index is 0. The van der Waals surface area contributed by atoms with Crippen LogP contribution in [0, 0.1) is 17.8 Å². The maximum absolute atomic E-state index is 12.6. The van der Waals surface area contributed by atoms with Crippen LogP contribution < -0.4 is 11.1 Å². The van der Waals surface area contributed by atoms with Crippen molar-refractivity contribution < 1.29 is 9.53 Å². The van der Waals surface area contributed by atoms with Crippen molar-refractivity contribution >= 4 is 18.3 Å². The number of halogens is 1. The zero-order valence-electron chi connectivity index (χ0n) is 14.5. The van der Waals surface area contributed by atoms with Gasteiger partial charge in [-0.15, -0.1) is 12.4 Å². The molecular weight excluding hydrogens is 326 g/mol. The number of nitrogens with one attached hydrogen (secondary N) is 1. The summed E-state index contributed by atoms with van der Waals surface area (Å²) in [6.07, 6.45) is 8.54. The number of ether oxygens (including phenoxy) is 1. The normalized spacial score (nSPS) is 39.8. The molecule has 2 bridgehead atoms. The summed E-state index contributed by atoms with van der Waals surface area (Å²) in [4.78, 5) is 15.1. The molecule has 3 unspecified atom stereocenters. The Hall–Kier alpha value is -0.360. The Kier molecular flexibility index (Phi) is 6.07. The van der Waals surface area contributed by atoms with Gasteiger partial charge in [0, 0.05) is 37.6 Å². The van der Waals surface area contributed by atoms with Crippen LogP contribution in [0.2, 0.25) is 0 Å². The van der Waals surface area contributed by atoms with E-state index in [4.69, 9.17) is 10.5 Å². The van der Waals surface area contributed by atoms with Crippen LogP contribution in [0.25, 0.3) is 0 Å². The van der Waals surface area contributed by atoms with Gasteiger partial charge in [-0.25, -0.2) is 0 Å². The van der Waals surface area contributed by atoms with Gasteiger partial charge in [-0.05, 0) is 50.4 Å². The molecule has 4 rings (SSSR count). The van der Waals surface area contributed by atoms with E-state index in [1.807, 2.05) is 0 Å². The lowest BCUT2D eigenvalue weighted by molar-refractivity contribution is -0.129. The molecule has 0 aromatic rings. The number of nitrogens with zero attached hydrogens (tertiary/aromatic N) is 1. The van der Waals surface area contributed by atoms with Gasteiger partial charge in [0.15, 0.2) is 0 Å². The quantitative estimate of drug-likeness (QED) is 0.801. The van der Waals surface area contributed by atoms with Crippen molar-refractivity contribution in [3.63, 3.8) is 0 Å². The van der Waals surface area contributed by atoms with E-state index < -0.39 is 0 Å². The van der Waals surface area contributed by atoms with Crippen molar-refractivity contribution in [1.29, 1.82) is 0 Å². The van der Waals surface area contributed by atoms with E-state index in [1.165, 1.54) is 32.1 Å². The van der Waals surface area contributed by atoms with Crippen LogP contribution in [0.15, 0.2) is 0 Å². The number of rotatable bonds is 4. The Balaban J connectivity index is 0.00000169. The van der Waals surface area contributed by atoms with Crippen molar-refractivity contribution in [2.24, 2.45) is 23.5 Å². The van der Waals surface area contributed by atoms with Gasteiger partial charge in [0.2, 0.25) is 5.91 Å². The summed E-state index contributed by atoms with van der Waals surface area (Å²) in [5.41, 5.74) is 6.33. The molecule has 0 radical (unpaired) electrons. The molecule has 6 heteroatoms. The number of hydrogen-bond donors (Lipinski definition) is 2. The first-order valence-electron chi connectivity index (χ1n) is 9.59. The predicted octanol–water partition coefficient (Wildman–Crippen LogP) is 1.54. The third-order valence-corrected chi connectivity index (χ3v) is 6.52. The van der Waals surface area contributed by atoms with E-state index in [9.17, 15) is 4.79 Å². The Morgan fingerprint density at radius 2 is 1.88 bits per heavy atom. The highest BCUT2D eigenvalue weighted by atomic mass is 35.5. The van der Waals surface area contributed by atoms with E-state index in [1.54, 1.807) is 0 Å². The van der Waals surface area contributed by atoms with E-state index in [0.717, 1.165) is 38.6 Å². The van der Waals surface area contributed by atoms with E-state index in [0.29, 0.717) is 24.4 Å². The molecular formula is C18H32ClN3O2. The van der Waals surface area contributed by atoms with Crippen LogP contribution >= 0.6 is 12.4 Å². The van der Waals surface area contributed by atoms with Gasteiger partial charge in [0.05, 0.1) is 12.7 Å². The largest absolute Gasteiger partial charge is 0.374 e. The zero-order valence-corrected chi connectivity index (χ0v) is 15.3. The average molecular weight is 358 g/mol. The fourth-order valence-corrected chi connectivity index (χ4v) is 5.00. The number of amides is 1. The van der Waals surface area contributed by atoms with Crippen LogP contribution in [-0.4, -0.2) is 55.2 Å². The van der Waals surface area contributed by atoms with E-state index in [-0.39, 0.29) is 30.3 Å². The molecule has 4 fully saturated rings. The lowest BCUT2D eigenvalue weighted by Gasteiger charge is -2.43. The molecule has 4 aliphatic rings. The number of hydrogen-bond acceptors (Lipinski definition) is 4. The molecule has 0 spiro atoms. The Labute approximate surface area is 151 Å². The minimum Gasteiger partial charge on any atom is -0.374 e. The standard InChI is InChI=1S/C18H31N3O2.ClH/c19-17-12-2-1-3-13(17)9-14(8-12)18(22)20-10-16-11-21(6-7-23-16)15-4-5-15;/h12-17H,1-11,19H2,(H,20,22);1H. The first-order valence-corrected chi connectivity index (χ1v) is 9.59. The molecule has 5 nitrogen and oxygen atoms in total. The third-order valence-electron chi connectivity index (χ3n) is 6.52. The van der Waals surface area contributed by atoms with Crippen LogP contribution in [0.5, 0.6) is 0 Å². The highest BCUT2D eigenvalue weighted by Crippen LogP contribution is 2.41. The summed E-state index contributed by atoms with van der Waals surface area (Å²) >= 11 is 0. The smallest absolute Gasteiger partial charge is 0.223 e. The number of fused-ring (bicyclic) bond motifs is 2. The van der Waals surface area contributed by atoms with Crippen LogP contribution in [-0.2, 0) is 9.53 Å². The summed E-state index contributed by atoms with van der Waals surface area (Å²) in [5, 5.41) is 3.17. The molecule has 24 heavy (non-hydrogen) atoms.